The van der Waals surface area contributed by atoms with Crippen molar-refractivity contribution in [2.45, 2.75) is 11.5 Å². The third-order valence-corrected chi connectivity index (χ3v) is 12.9. The van der Waals surface area contributed by atoms with E-state index in [1.54, 1.807) is 0 Å². The van der Waals surface area contributed by atoms with Crippen LogP contribution in [-0.4, -0.2) is 14.1 Å². The lowest BCUT2D eigenvalue weighted by Crippen LogP contribution is -2.29. The maximum atomic E-state index is 4.42. The van der Waals surface area contributed by atoms with Gasteiger partial charge in [-0.15, -0.1) is 0 Å². The number of benzene rings is 7. The predicted octanol–water partition coefficient (Wildman–Crippen LogP) is 12.7. The second-order valence-corrected chi connectivity index (χ2v) is 15.6. The lowest BCUT2D eigenvalue weighted by molar-refractivity contribution is 0.744. The van der Waals surface area contributed by atoms with E-state index < -0.39 is 0 Å². The number of hydrogen-bond donors (Lipinski definition) is 1. The Labute approximate surface area is 329 Å². The molecule has 7 aromatic carbocycles. The average molecular weight is 727 g/mol. The number of para-hydroxylation sites is 2. The minimum atomic E-state index is -0.363. The van der Waals surface area contributed by atoms with Gasteiger partial charge in [0, 0.05) is 45.5 Å². The average Bonchev–Trinajstić information content (AvgIpc) is 3.98. The van der Waals surface area contributed by atoms with E-state index in [1.807, 2.05) is 12.4 Å². The molecule has 1 spiro atoms. The van der Waals surface area contributed by atoms with Crippen LogP contribution in [-0.2, 0) is 5.41 Å². The summed E-state index contributed by atoms with van der Waals surface area (Å²) in [5.41, 5.74) is 18.6. The lowest BCUT2D eigenvalue weighted by atomic mass is 9.69. The van der Waals surface area contributed by atoms with Crippen molar-refractivity contribution in [3.8, 4) is 33.6 Å². The van der Waals surface area contributed by atoms with Crippen LogP contribution < -0.4 is 5.32 Å². The molecular weight excluding hydrogens is 693 g/mol. The minimum absolute atomic E-state index is 0.0274. The Morgan fingerprint density at radius 3 is 1.72 bits per heavy atom. The number of nitrogens with zero attached hydrogens (tertiary/aromatic N) is 3. The molecule has 57 heavy (non-hydrogen) atoms. The number of hydrogen-bond acceptors (Lipinski definition) is 2. The van der Waals surface area contributed by atoms with Gasteiger partial charge in [-0.1, -0.05) is 133 Å². The second-order valence-electron chi connectivity index (χ2n) is 15.6. The normalized spacial score (nSPS) is 15.6. The zero-order chi connectivity index (χ0) is 37.2. The largest absolute Gasteiger partial charge is 0.360 e. The lowest BCUT2D eigenvalue weighted by Gasteiger charge is -2.34. The van der Waals surface area contributed by atoms with E-state index in [0.717, 1.165) is 22.7 Å². The van der Waals surface area contributed by atoms with Crippen LogP contribution in [0.3, 0.4) is 0 Å². The number of nitrogens with one attached hydrogen (secondary N) is 1. The summed E-state index contributed by atoms with van der Waals surface area (Å²) in [6, 6.07) is 64.7. The summed E-state index contributed by atoms with van der Waals surface area (Å²) < 4.78 is 4.76. The highest BCUT2D eigenvalue weighted by molar-refractivity contribution is 6.09. The molecule has 0 radical (unpaired) electrons. The molecule has 1 atom stereocenters. The van der Waals surface area contributed by atoms with Crippen molar-refractivity contribution in [1.82, 2.24) is 14.1 Å². The van der Waals surface area contributed by atoms with Crippen LogP contribution in [0.5, 0.6) is 0 Å². The van der Waals surface area contributed by atoms with Gasteiger partial charge in [-0.05, 0) is 98.6 Å². The van der Waals surface area contributed by atoms with Gasteiger partial charge in [-0.2, -0.15) is 0 Å². The Kier molecular flexibility index (Phi) is 6.12. The zero-order valence-electron chi connectivity index (χ0n) is 30.9. The Balaban J connectivity index is 0.933. The van der Waals surface area contributed by atoms with Crippen molar-refractivity contribution in [2.75, 3.05) is 5.32 Å². The van der Waals surface area contributed by atoms with E-state index in [2.05, 4.69) is 201 Å². The fourth-order valence-corrected chi connectivity index (χ4v) is 10.6. The molecule has 2 aliphatic carbocycles. The number of aromatic nitrogens is 3. The van der Waals surface area contributed by atoms with Crippen LogP contribution in [0.25, 0.3) is 72.4 Å². The molecule has 1 unspecified atom stereocenters. The van der Waals surface area contributed by atoms with Crippen molar-refractivity contribution < 1.29 is 0 Å². The van der Waals surface area contributed by atoms with Gasteiger partial charge in [-0.25, -0.2) is 0 Å². The van der Waals surface area contributed by atoms with Gasteiger partial charge in [0.15, 0.2) is 0 Å². The first kappa shape index (κ1) is 30.8. The first-order chi connectivity index (χ1) is 28.3. The fraction of sp³-hybridized carbons (Fsp3) is 0.0377. The highest BCUT2D eigenvalue weighted by Gasteiger charge is 2.56. The van der Waals surface area contributed by atoms with Crippen LogP contribution in [0.1, 0.15) is 33.9 Å². The van der Waals surface area contributed by atoms with Crippen LogP contribution in [0, 0.1) is 0 Å². The van der Waals surface area contributed by atoms with Gasteiger partial charge < -0.3 is 9.88 Å². The minimum Gasteiger partial charge on any atom is -0.360 e. The second kappa shape index (κ2) is 11.3. The van der Waals surface area contributed by atoms with Crippen molar-refractivity contribution in [1.29, 1.82) is 0 Å². The van der Waals surface area contributed by atoms with Crippen LogP contribution in [0.15, 0.2) is 194 Å². The molecule has 0 bridgehead atoms. The first-order valence-electron chi connectivity index (χ1n) is 19.7. The van der Waals surface area contributed by atoms with Crippen molar-refractivity contribution in [2.24, 2.45) is 0 Å². The molecule has 10 aromatic rings. The van der Waals surface area contributed by atoms with Crippen molar-refractivity contribution in [3.05, 3.63) is 222 Å². The molecule has 3 aliphatic rings. The summed E-state index contributed by atoms with van der Waals surface area (Å²) in [5.74, 6) is 1.13. The maximum absolute atomic E-state index is 4.42. The SMILES string of the molecule is C1=C2C(Nc3c1c1ccccc1n3-c1ccc(-c3ccc(-n4c5ccccc5c5cnccc54)cc3)cc1)c1ccccc1C21c2ccccc2-c2ccccc21. The summed E-state index contributed by atoms with van der Waals surface area (Å²) >= 11 is 0. The molecule has 1 aliphatic heterocycles. The summed E-state index contributed by atoms with van der Waals surface area (Å²) in [4.78, 5) is 4.42. The Morgan fingerprint density at radius 1 is 0.474 bits per heavy atom. The van der Waals surface area contributed by atoms with Gasteiger partial charge in [0.1, 0.15) is 5.82 Å². The van der Waals surface area contributed by atoms with E-state index in [-0.39, 0.29) is 11.5 Å². The van der Waals surface area contributed by atoms with Gasteiger partial charge in [0.05, 0.1) is 28.0 Å². The first-order valence-corrected chi connectivity index (χ1v) is 19.7. The highest BCUT2D eigenvalue weighted by atomic mass is 15.1. The predicted molar refractivity (Wildman–Crippen MR) is 233 cm³/mol. The Morgan fingerprint density at radius 2 is 1.02 bits per heavy atom. The molecule has 1 N–H and O–H groups in total. The third-order valence-electron chi connectivity index (χ3n) is 12.9. The zero-order valence-corrected chi connectivity index (χ0v) is 30.9. The molecule has 266 valence electrons. The molecular formula is C53H34N4. The monoisotopic (exact) mass is 726 g/mol. The quantitative estimate of drug-likeness (QED) is 0.197. The summed E-state index contributed by atoms with van der Waals surface area (Å²) in [6.45, 7) is 0. The number of rotatable bonds is 3. The summed E-state index contributed by atoms with van der Waals surface area (Å²) in [6.07, 6.45) is 6.37. The maximum Gasteiger partial charge on any atom is 0.119 e. The number of fused-ring (bicyclic) bond motifs is 16. The van der Waals surface area contributed by atoms with E-state index in [0.29, 0.717) is 0 Å². The molecule has 0 saturated heterocycles. The van der Waals surface area contributed by atoms with E-state index >= 15 is 0 Å². The van der Waals surface area contributed by atoms with E-state index in [1.165, 1.54) is 82.8 Å². The molecule has 13 rings (SSSR count). The highest BCUT2D eigenvalue weighted by Crippen LogP contribution is 2.65. The van der Waals surface area contributed by atoms with Gasteiger partial charge in [0.2, 0.25) is 0 Å². The summed E-state index contributed by atoms with van der Waals surface area (Å²) in [5, 5.41) is 7.79. The molecule has 4 heterocycles. The van der Waals surface area contributed by atoms with E-state index in [9.17, 15) is 0 Å². The van der Waals surface area contributed by atoms with Crippen LogP contribution in [0.2, 0.25) is 0 Å². The molecule has 4 nitrogen and oxygen atoms in total. The van der Waals surface area contributed by atoms with Gasteiger partial charge in [0.25, 0.3) is 0 Å². The Bertz CT molecular complexity index is 3230. The van der Waals surface area contributed by atoms with Crippen LogP contribution in [0.4, 0.5) is 5.82 Å². The van der Waals surface area contributed by atoms with Gasteiger partial charge in [-0.3, -0.25) is 9.55 Å². The van der Waals surface area contributed by atoms with Gasteiger partial charge >= 0.3 is 0 Å². The molecule has 0 amide bonds. The molecule has 3 aromatic heterocycles. The van der Waals surface area contributed by atoms with E-state index in [4.69, 9.17) is 0 Å². The third kappa shape index (κ3) is 3.99. The molecule has 0 saturated carbocycles. The Hall–Kier alpha value is -7.43. The topological polar surface area (TPSA) is 34.8 Å². The smallest absolute Gasteiger partial charge is 0.119 e. The molecule has 4 heteroatoms. The fourth-order valence-electron chi connectivity index (χ4n) is 10.6. The number of pyridine rings is 1. The van der Waals surface area contributed by atoms with Crippen molar-refractivity contribution in [3.63, 3.8) is 0 Å². The number of anilines is 1. The molecule has 0 fully saturated rings. The summed E-state index contributed by atoms with van der Waals surface area (Å²) in [7, 11) is 0. The van der Waals surface area contributed by atoms with Crippen LogP contribution >= 0.6 is 0 Å². The van der Waals surface area contributed by atoms with Crippen molar-refractivity contribution >= 4 is 44.6 Å². The standard InChI is InChI=1S/C53H34N4/c1-6-16-44-37(11-1)38-12-2-7-17-45(38)53(44)46-18-8-3-15-41(46)51-47(53)31-42-39-13-4-10-20-49(39)57(52(42)55-51)36-27-23-34(24-28-36)33-21-25-35(26-22-33)56-48-19-9-5-14-40(48)43-32-54-30-29-50(43)56/h1-32,51,55H.